The van der Waals surface area contributed by atoms with Crippen molar-refractivity contribution in [1.29, 1.82) is 0 Å². The minimum absolute atomic E-state index is 0.0541. The second-order valence-corrected chi connectivity index (χ2v) is 5.85. The van der Waals surface area contributed by atoms with Gasteiger partial charge in [-0.3, -0.25) is 9.59 Å². The Kier molecular flexibility index (Phi) is 3.54. The Morgan fingerprint density at radius 2 is 2.16 bits per heavy atom. The predicted octanol–water partition coefficient (Wildman–Crippen LogP) is 2.80. The third kappa shape index (κ3) is 2.59. The lowest BCUT2D eigenvalue weighted by molar-refractivity contribution is -0.149. The van der Waals surface area contributed by atoms with Crippen LogP contribution in [0.4, 0.5) is 5.69 Å². The molecule has 1 aromatic carbocycles. The number of anilines is 1. The van der Waals surface area contributed by atoms with Crippen LogP contribution in [0.1, 0.15) is 20.3 Å². The first-order valence-electron chi connectivity index (χ1n) is 6.11. The number of hydrogen-bond donors (Lipinski definition) is 1. The lowest BCUT2D eigenvalue weighted by atomic mass is 9.78. The molecule has 1 heterocycles. The molecule has 1 aliphatic rings. The largest absolute Gasteiger partial charge is 0.481 e. The van der Waals surface area contributed by atoms with Crippen LogP contribution in [0.2, 0.25) is 5.02 Å². The van der Waals surface area contributed by atoms with Gasteiger partial charge in [-0.1, -0.05) is 17.7 Å². The first-order valence-corrected chi connectivity index (χ1v) is 6.49. The second-order valence-electron chi connectivity index (χ2n) is 5.41. The van der Waals surface area contributed by atoms with Crippen LogP contribution in [0.25, 0.3) is 0 Å². The van der Waals surface area contributed by atoms with Gasteiger partial charge in [0, 0.05) is 29.6 Å². The van der Waals surface area contributed by atoms with Crippen LogP contribution in [0, 0.1) is 11.3 Å². The number of carbonyl (C=O) groups is 2. The topological polar surface area (TPSA) is 57.6 Å². The maximum Gasteiger partial charge on any atom is 0.309 e. The Morgan fingerprint density at radius 3 is 2.74 bits per heavy atom. The zero-order valence-electron chi connectivity index (χ0n) is 10.9. The number of carboxylic acids is 1. The average molecular weight is 282 g/mol. The van der Waals surface area contributed by atoms with Crippen LogP contribution >= 0.6 is 11.6 Å². The van der Waals surface area contributed by atoms with Crippen LogP contribution in [0.15, 0.2) is 24.3 Å². The molecule has 102 valence electrons. The van der Waals surface area contributed by atoms with Crippen molar-refractivity contribution in [2.75, 3.05) is 11.4 Å². The Hall–Kier alpha value is -1.55. The highest BCUT2D eigenvalue weighted by Crippen LogP contribution is 2.37. The molecule has 0 unspecified atom stereocenters. The highest BCUT2D eigenvalue weighted by atomic mass is 35.5. The van der Waals surface area contributed by atoms with E-state index in [9.17, 15) is 14.7 Å². The Balaban J connectivity index is 2.23. The molecule has 1 aromatic rings. The number of nitrogens with zero attached hydrogens (tertiary/aromatic N) is 1. The van der Waals surface area contributed by atoms with Crippen molar-refractivity contribution in [3.8, 4) is 0 Å². The number of aliphatic carboxylic acids is 1. The van der Waals surface area contributed by atoms with Crippen LogP contribution in [-0.4, -0.2) is 23.5 Å². The van der Waals surface area contributed by atoms with Gasteiger partial charge >= 0.3 is 5.97 Å². The monoisotopic (exact) mass is 281 g/mol. The molecule has 0 saturated carbocycles. The van der Waals surface area contributed by atoms with Crippen molar-refractivity contribution >= 4 is 29.2 Å². The molecule has 19 heavy (non-hydrogen) atoms. The highest BCUT2D eigenvalue weighted by Gasteiger charge is 2.44. The van der Waals surface area contributed by atoms with Crippen LogP contribution < -0.4 is 4.90 Å². The number of amides is 1. The first kappa shape index (κ1) is 13.9. The van der Waals surface area contributed by atoms with Crippen molar-refractivity contribution in [3.05, 3.63) is 29.3 Å². The summed E-state index contributed by atoms with van der Waals surface area (Å²) in [7, 11) is 0. The van der Waals surface area contributed by atoms with Crippen molar-refractivity contribution in [3.63, 3.8) is 0 Å². The van der Waals surface area contributed by atoms with Gasteiger partial charge in [0.25, 0.3) is 0 Å². The van der Waals surface area contributed by atoms with E-state index in [0.717, 1.165) is 5.69 Å². The normalized spacial score (nSPS) is 19.8. The van der Waals surface area contributed by atoms with Crippen molar-refractivity contribution < 1.29 is 14.7 Å². The van der Waals surface area contributed by atoms with Crippen LogP contribution in [-0.2, 0) is 9.59 Å². The second kappa shape index (κ2) is 4.85. The number of carbonyl (C=O) groups excluding carboxylic acids is 1. The van der Waals surface area contributed by atoms with E-state index in [1.54, 1.807) is 43.0 Å². The quantitative estimate of drug-likeness (QED) is 0.927. The molecule has 1 N–H and O–H groups in total. The molecule has 5 heteroatoms. The third-order valence-electron chi connectivity index (χ3n) is 3.82. The number of carboxylic acid groups (broad SMARTS) is 1. The van der Waals surface area contributed by atoms with Gasteiger partial charge in [-0.05, 0) is 32.0 Å². The molecule has 0 aromatic heterocycles. The van der Waals surface area contributed by atoms with Crippen molar-refractivity contribution in [1.82, 2.24) is 0 Å². The van der Waals surface area contributed by atoms with E-state index in [1.165, 1.54) is 0 Å². The highest BCUT2D eigenvalue weighted by molar-refractivity contribution is 6.30. The fraction of sp³-hybridized carbons (Fsp3) is 0.429. The Morgan fingerprint density at radius 1 is 1.47 bits per heavy atom. The van der Waals surface area contributed by atoms with E-state index < -0.39 is 11.4 Å². The molecule has 1 atom stereocenters. The summed E-state index contributed by atoms with van der Waals surface area (Å²) in [6.45, 7) is 3.74. The molecule has 1 amide bonds. The SMILES string of the molecule is CC(C)(C(=O)O)[C@H]1CC(=O)N(c2cccc(Cl)c2)C1. The third-order valence-corrected chi connectivity index (χ3v) is 4.05. The summed E-state index contributed by atoms with van der Waals surface area (Å²) in [5.41, 5.74) is -0.190. The first-order chi connectivity index (χ1) is 8.82. The summed E-state index contributed by atoms with van der Waals surface area (Å²) in [6.07, 6.45) is 0.256. The van der Waals surface area contributed by atoms with Gasteiger partial charge in [-0.2, -0.15) is 0 Å². The average Bonchev–Trinajstić information content (AvgIpc) is 2.71. The minimum atomic E-state index is -0.914. The summed E-state index contributed by atoms with van der Waals surface area (Å²) < 4.78 is 0. The van der Waals surface area contributed by atoms with Crippen LogP contribution in [0.5, 0.6) is 0 Å². The van der Waals surface area contributed by atoms with Crippen molar-refractivity contribution in [2.24, 2.45) is 11.3 Å². The number of hydrogen-bond acceptors (Lipinski definition) is 2. The Bertz CT molecular complexity index is 527. The smallest absolute Gasteiger partial charge is 0.309 e. The van der Waals surface area contributed by atoms with E-state index in [-0.39, 0.29) is 18.2 Å². The number of halogens is 1. The van der Waals surface area contributed by atoms with Gasteiger partial charge in [0.1, 0.15) is 0 Å². The summed E-state index contributed by atoms with van der Waals surface area (Å²) in [4.78, 5) is 24.9. The summed E-state index contributed by atoms with van der Waals surface area (Å²) >= 11 is 5.92. The summed E-state index contributed by atoms with van der Waals surface area (Å²) in [6, 6.07) is 7.04. The number of rotatable bonds is 3. The lowest BCUT2D eigenvalue weighted by Gasteiger charge is -2.26. The molecule has 1 saturated heterocycles. The zero-order valence-corrected chi connectivity index (χ0v) is 11.6. The van der Waals surface area contributed by atoms with E-state index in [2.05, 4.69) is 0 Å². The maximum atomic E-state index is 12.1. The molecule has 1 aliphatic heterocycles. The van der Waals surface area contributed by atoms with E-state index >= 15 is 0 Å². The molecule has 0 bridgehead atoms. The standard InChI is InChI=1S/C14H16ClNO3/c1-14(2,13(18)19)9-6-12(17)16(8-9)11-5-3-4-10(15)7-11/h3-5,7,9H,6,8H2,1-2H3,(H,18,19)/t9-/m0/s1. The van der Waals surface area contributed by atoms with E-state index in [0.29, 0.717) is 11.6 Å². The van der Waals surface area contributed by atoms with Crippen LogP contribution in [0.3, 0.4) is 0 Å². The van der Waals surface area contributed by atoms with Crippen molar-refractivity contribution in [2.45, 2.75) is 20.3 Å². The van der Waals surface area contributed by atoms with Gasteiger partial charge in [0.05, 0.1) is 5.41 Å². The summed E-state index contributed by atoms with van der Waals surface area (Å²) in [5, 5.41) is 9.80. The molecular weight excluding hydrogens is 266 g/mol. The molecule has 2 rings (SSSR count). The van der Waals surface area contributed by atoms with Gasteiger partial charge < -0.3 is 10.0 Å². The molecule has 0 radical (unpaired) electrons. The van der Waals surface area contributed by atoms with Gasteiger partial charge in [-0.25, -0.2) is 0 Å². The molecule has 1 fully saturated rings. The fourth-order valence-electron chi connectivity index (χ4n) is 2.26. The van der Waals surface area contributed by atoms with E-state index in [1.807, 2.05) is 0 Å². The van der Waals surface area contributed by atoms with Gasteiger partial charge in [-0.15, -0.1) is 0 Å². The van der Waals surface area contributed by atoms with Gasteiger partial charge in [0.2, 0.25) is 5.91 Å². The summed E-state index contributed by atoms with van der Waals surface area (Å²) in [5.74, 6) is -1.13. The molecule has 4 nitrogen and oxygen atoms in total. The molecule has 0 aliphatic carbocycles. The number of benzene rings is 1. The lowest BCUT2D eigenvalue weighted by Crippen LogP contribution is -2.35. The van der Waals surface area contributed by atoms with E-state index in [4.69, 9.17) is 11.6 Å². The fourth-order valence-corrected chi connectivity index (χ4v) is 2.44. The zero-order chi connectivity index (χ0) is 14.2. The predicted molar refractivity (Wildman–Crippen MR) is 73.3 cm³/mol. The Labute approximate surface area is 117 Å². The van der Waals surface area contributed by atoms with Gasteiger partial charge in [0.15, 0.2) is 0 Å². The maximum absolute atomic E-state index is 12.1. The molecule has 0 spiro atoms. The minimum Gasteiger partial charge on any atom is -0.481 e. The molecular formula is C14H16ClNO3.